The summed E-state index contributed by atoms with van der Waals surface area (Å²) in [7, 11) is 0. The first-order valence-electron chi connectivity index (χ1n) is 6.64. The minimum Gasteiger partial charge on any atom is -0.480 e. The predicted octanol–water partition coefficient (Wildman–Crippen LogP) is 2.46. The van der Waals surface area contributed by atoms with E-state index in [9.17, 15) is 18.0 Å². The van der Waals surface area contributed by atoms with E-state index < -0.39 is 23.8 Å². The highest BCUT2D eigenvalue weighted by atomic mass is 19.4. The van der Waals surface area contributed by atoms with Crippen LogP contribution in [0.1, 0.15) is 31.4 Å². The van der Waals surface area contributed by atoms with Gasteiger partial charge in [-0.05, 0) is 31.0 Å². The van der Waals surface area contributed by atoms with E-state index in [2.05, 4.69) is 5.32 Å². The molecule has 118 valence electrons. The van der Waals surface area contributed by atoms with Crippen molar-refractivity contribution >= 4 is 5.91 Å². The van der Waals surface area contributed by atoms with E-state index in [-0.39, 0.29) is 12.3 Å². The number of hydrogen-bond donors (Lipinski definition) is 2. The number of amides is 1. The van der Waals surface area contributed by atoms with Gasteiger partial charge < -0.3 is 15.8 Å². The lowest BCUT2D eigenvalue weighted by molar-refractivity contribution is -0.140. The molecule has 0 spiro atoms. The van der Waals surface area contributed by atoms with Crippen molar-refractivity contribution in [1.29, 1.82) is 0 Å². The van der Waals surface area contributed by atoms with Gasteiger partial charge in [-0.25, -0.2) is 0 Å². The molecule has 7 heteroatoms. The third-order valence-electron chi connectivity index (χ3n) is 2.81. The summed E-state index contributed by atoms with van der Waals surface area (Å²) in [6, 6.07) is 3.57. The van der Waals surface area contributed by atoms with Crippen LogP contribution in [-0.2, 0) is 17.5 Å². The Bertz CT molecular complexity index is 490. The number of alkyl halides is 3. The molecule has 0 aliphatic carbocycles. The molecule has 1 atom stereocenters. The van der Waals surface area contributed by atoms with Crippen LogP contribution in [0.3, 0.4) is 0 Å². The SMILES string of the molecule is CCCNC(=O)C(C)Oc1ccc(CN)cc1C(F)(F)F. The van der Waals surface area contributed by atoms with Crippen LogP contribution in [0.2, 0.25) is 0 Å². The molecule has 21 heavy (non-hydrogen) atoms. The van der Waals surface area contributed by atoms with Crippen molar-refractivity contribution in [3.63, 3.8) is 0 Å². The quantitative estimate of drug-likeness (QED) is 0.848. The van der Waals surface area contributed by atoms with E-state index >= 15 is 0 Å². The number of nitrogens with one attached hydrogen (secondary N) is 1. The van der Waals surface area contributed by atoms with Crippen LogP contribution in [0.4, 0.5) is 13.2 Å². The predicted molar refractivity (Wildman–Crippen MR) is 72.7 cm³/mol. The lowest BCUT2D eigenvalue weighted by Gasteiger charge is -2.19. The molecular weight excluding hydrogens is 285 g/mol. The topological polar surface area (TPSA) is 64.3 Å². The summed E-state index contributed by atoms with van der Waals surface area (Å²) < 4.78 is 44.1. The fourth-order valence-corrected chi connectivity index (χ4v) is 1.66. The summed E-state index contributed by atoms with van der Waals surface area (Å²) in [6.07, 6.45) is -4.85. The van der Waals surface area contributed by atoms with Crippen molar-refractivity contribution in [2.45, 2.75) is 39.1 Å². The summed E-state index contributed by atoms with van der Waals surface area (Å²) in [4.78, 5) is 11.7. The van der Waals surface area contributed by atoms with Gasteiger partial charge in [-0.1, -0.05) is 13.0 Å². The van der Waals surface area contributed by atoms with E-state index in [4.69, 9.17) is 10.5 Å². The third-order valence-corrected chi connectivity index (χ3v) is 2.81. The van der Waals surface area contributed by atoms with Gasteiger partial charge in [0.15, 0.2) is 6.10 Å². The summed E-state index contributed by atoms with van der Waals surface area (Å²) in [5, 5.41) is 2.57. The molecule has 1 aromatic carbocycles. The molecule has 4 nitrogen and oxygen atoms in total. The van der Waals surface area contributed by atoms with Crippen LogP contribution in [-0.4, -0.2) is 18.6 Å². The van der Waals surface area contributed by atoms with Gasteiger partial charge in [0.25, 0.3) is 5.91 Å². The number of benzene rings is 1. The van der Waals surface area contributed by atoms with Gasteiger partial charge in [-0.3, -0.25) is 4.79 Å². The van der Waals surface area contributed by atoms with Crippen LogP contribution in [0, 0.1) is 0 Å². The maximum absolute atomic E-state index is 13.0. The van der Waals surface area contributed by atoms with Crippen molar-refractivity contribution in [3.05, 3.63) is 29.3 Å². The molecule has 0 radical (unpaired) electrons. The van der Waals surface area contributed by atoms with Crippen molar-refractivity contribution in [2.75, 3.05) is 6.54 Å². The molecule has 0 saturated heterocycles. The van der Waals surface area contributed by atoms with E-state index in [0.717, 1.165) is 12.5 Å². The van der Waals surface area contributed by atoms with Crippen molar-refractivity contribution < 1.29 is 22.7 Å². The maximum Gasteiger partial charge on any atom is 0.419 e. The van der Waals surface area contributed by atoms with E-state index in [1.807, 2.05) is 6.92 Å². The highest BCUT2D eigenvalue weighted by molar-refractivity contribution is 5.80. The molecule has 0 aliphatic heterocycles. The van der Waals surface area contributed by atoms with Crippen LogP contribution >= 0.6 is 0 Å². The molecule has 0 saturated carbocycles. The number of ether oxygens (including phenoxy) is 1. The molecule has 3 N–H and O–H groups in total. The Morgan fingerprint density at radius 2 is 2.10 bits per heavy atom. The van der Waals surface area contributed by atoms with Gasteiger partial charge in [0.05, 0.1) is 5.56 Å². The van der Waals surface area contributed by atoms with Gasteiger partial charge in [0.2, 0.25) is 0 Å². The Hall–Kier alpha value is -1.76. The zero-order valence-corrected chi connectivity index (χ0v) is 12.0. The van der Waals surface area contributed by atoms with Gasteiger partial charge in [-0.15, -0.1) is 0 Å². The smallest absolute Gasteiger partial charge is 0.419 e. The minimum atomic E-state index is -4.57. The number of carbonyl (C=O) groups excluding carboxylic acids is 1. The number of rotatable bonds is 6. The first-order chi connectivity index (χ1) is 9.79. The molecule has 0 aliphatic rings. The average molecular weight is 304 g/mol. The first-order valence-corrected chi connectivity index (χ1v) is 6.64. The summed E-state index contributed by atoms with van der Waals surface area (Å²) >= 11 is 0. The second kappa shape index (κ2) is 7.31. The average Bonchev–Trinajstić information content (AvgIpc) is 2.43. The second-order valence-electron chi connectivity index (χ2n) is 4.58. The normalized spacial score (nSPS) is 12.9. The van der Waals surface area contributed by atoms with Crippen molar-refractivity contribution in [1.82, 2.24) is 5.32 Å². The fourth-order valence-electron chi connectivity index (χ4n) is 1.66. The first kappa shape index (κ1) is 17.3. The Kier molecular flexibility index (Phi) is 6.02. The van der Waals surface area contributed by atoms with Gasteiger partial charge in [0.1, 0.15) is 5.75 Å². The zero-order chi connectivity index (χ0) is 16.0. The standard InChI is InChI=1S/C14H19F3N2O2/c1-3-6-19-13(20)9(2)21-12-5-4-10(8-18)7-11(12)14(15,16)17/h4-5,7,9H,3,6,8,18H2,1-2H3,(H,19,20). The number of halogens is 3. The van der Waals surface area contributed by atoms with Gasteiger partial charge >= 0.3 is 6.18 Å². The van der Waals surface area contributed by atoms with Crippen LogP contribution in [0.25, 0.3) is 0 Å². The molecule has 1 rings (SSSR count). The van der Waals surface area contributed by atoms with Crippen molar-refractivity contribution in [3.8, 4) is 5.75 Å². The lowest BCUT2D eigenvalue weighted by Crippen LogP contribution is -2.37. The number of carbonyl (C=O) groups is 1. The molecule has 1 amide bonds. The molecular formula is C14H19F3N2O2. The molecule has 1 unspecified atom stereocenters. The maximum atomic E-state index is 13.0. The Morgan fingerprint density at radius 1 is 1.43 bits per heavy atom. The molecule has 0 bridgehead atoms. The Balaban J connectivity index is 2.94. The van der Waals surface area contributed by atoms with Gasteiger partial charge in [-0.2, -0.15) is 13.2 Å². The van der Waals surface area contributed by atoms with Crippen LogP contribution in [0.5, 0.6) is 5.75 Å². The van der Waals surface area contributed by atoms with E-state index in [0.29, 0.717) is 12.1 Å². The monoisotopic (exact) mass is 304 g/mol. The second-order valence-corrected chi connectivity index (χ2v) is 4.58. The highest BCUT2D eigenvalue weighted by Gasteiger charge is 2.35. The van der Waals surface area contributed by atoms with Gasteiger partial charge in [0, 0.05) is 13.1 Å². The minimum absolute atomic E-state index is 0.00407. The van der Waals surface area contributed by atoms with Crippen LogP contribution < -0.4 is 15.8 Å². The third kappa shape index (κ3) is 4.93. The van der Waals surface area contributed by atoms with Crippen LogP contribution in [0.15, 0.2) is 18.2 Å². The summed E-state index contributed by atoms with van der Waals surface area (Å²) in [5.74, 6) is -0.827. The fraction of sp³-hybridized carbons (Fsp3) is 0.500. The highest BCUT2D eigenvalue weighted by Crippen LogP contribution is 2.37. The Labute approximate surface area is 121 Å². The number of hydrogen-bond acceptors (Lipinski definition) is 3. The summed E-state index contributed by atoms with van der Waals surface area (Å²) in [5.41, 5.74) is 4.76. The van der Waals surface area contributed by atoms with Crippen molar-refractivity contribution in [2.24, 2.45) is 5.73 Å². The largest absolute Gasteiger partial charge is 0.480 e. The summed E-state index contributed by atoms with van der Waals surface area (Å²) in [6.45, 7) is 3.72. The Morgan fingerprint density at radius 3 is 2.62 bits per heavy atom. The molecule has 0 aromatic heterocycles. The van der Waals surface area contributed by atoms with E-state index in [1.165, 1.54) is 19.1 Å². The number of nitrogens with two attached hydrogens (primary N) is 1. The molecule has 1 aromatic rings. The van der Waals surface area contributed by atoms with E-state index in [1.54, 1.807) is 0 Å². The zero-order valence-electron chi connectivity index (χ0n) is 12.0. The molecule has 0 heterocycles. The lowest BCUT2D eigenvalue weighted by atomic mass is 10.1. The molecule has 0 fully saturated rings.